The molecule has 50 heavy (non-hydrogen) atoms. The summed E-state index contributed by atoms with van der Waals surface area (Å²) in [5, 5.41) is 11.0. The molecule has 0 heterocycles. The normalized spacial score (nSPS) is 13.2. The summed E-state index contributed by atoms with van der Waals surface area (Å²) in [4.78, 5) is 34.8. The second-order valence-corrected chi connectivity index (χ2v) is 12.4. The minimum absolute atomic E-state index is 0.131. The Bertz CT molecular complexity index is 1080. The van der Waals surface area contributed by atoms with E-state index >= 15 is 0 Å². The van der Waals surface area contributed by atoms with Crippen molar-refractivity contribution >= 4 is 17.8 Å². The topological polar surface area (TPSA) is 92.7 Å². The number of aliphatic carboxylic acids is 1. The second kappa shape index (κ2) is 38.1. The third-order valence-electron chi connectivity index (χ3n) is 7.71. The van der Waals surface area contributed by atoms with Crippen molar-refractivity contribution in [2.45, 2.75) is 155 Å². The van der Waals surface area contributed by atoms with Crippen molar-refractivity contribution in [1.82, 2.24) is 5.32 Å². The minimum Gasteiger partial charge on any atom is -0.480 e. The van der Waals surface area contributed by atoms with Gasteiger partial charge in [-0.3, -0.25) is 14.4 Å². The number of carboxylic acid groups (broad SMARTS) is 1. The Kier molecular flexibility index (Phi) is 35.3. The molecule has 1 atom stereocenters. The highest BCUT2D eigenvalue weighted by atomic mass is 16.5. The molecule has 1 amide bonds. The molecule has 0 aliphatic heterocycles. The van der Waals surface area contributed by atoms with Gasteiger partial charge in [-0.2, -0.15) is 0 Å². The first-order valence-corrected chi connectivity index (χ1v) is 19.4. The van der Waals surface area contributed by atoms with Crippen molar-refractivity contribution in [3.63, 3.8) is 0 Å². The Labute approximate surface area is 305 Å². The highest BCUT2D eigenvalue weighted by molar-refractivity contribution is 5.80. The Balaban J connectivity index is 4.09. The van der Waals surface area contributed by atoms with Crippen molar-refractivity contribution < 1.29 is 24.2 Å². The predicted molar refractivity (Wildman–Crippen MR) is 212 cm³/mol. The van der Waals surface area contributed by atoms with Crippen LogP contribution in [0, 0.1) is 0 Å². The van der Waals surface area contributed by atoms with Crippen LogP contribution in [0.3, 0.4) is 0 Å². The SMILES string of the molecule is CC/C=C\C/C=C\C/C=C\C/C=C\C/C=C\C/C=C\CCCCCCC(=O)OC(/C=C\C/C=C\CCC)CCCCCCC(=O)NCC(=O)O. The fraction of sp³-hybridized carbons (Fsp3) is 0.568. The number of amides is 1. The molecule has 6 nitrogen and oxygen atoms in total. The molecule has 0 bridgehead atoms. The van der Waals surface area contributed by atoms with Crippen molar-refractivity contribution in [2.24, 2.45) is 0 Å². The van der Waals surface area contributed by atoms with E-state index in [9.17, 15) is 14.4 Å². The van der Waals surface area contributed by atoms with Crippen LogP contribution in [0.2, 0.25) is 0 Å². The summed E-state index contributed by atoms with van der Waals surface area (Å²) in [6, 6.07) is 0. The lowest BCUT2D eigenvalue weighted by Gasteiger charge is -2.14. The number of carbonyl (C=O) groups excluding carboxylic acids is 2. The maximum atomic E-state index is 12.6. The minimum atomic E-state index is -1.04. The van der Waals surface area contributed by atoms with Crippen LogP contribution in [0.5, 0.6) is 0 Å². The standard InChI is InChI=1S/C44H69NO5/c1-3-5-7-9-11-12-13-14-15-16-17-18-19-20-21-22-23-24-25-26-27-29-35-39-44(49)50-41(36-32-28-10-8-6-4-2)37-33-30-31-34-38-42(46)45-40-43(47)48/h5,7-8,10-12,14-15,17-18,20-21,23-24,32,36,41H,3-4,6,9,13,16,19,22,25-31,33-35,37-40H2,1-2H3,(H,45,46)(H,47,48)/b7-5-,10-8-,12-11-,15-14-,18-17-,21-20-,24-23-,36-32-. The van der Waals surface area contributed by atoms with Crippen LogP contribution in [0.15, 0.2) is 97.2 Å². The van der Waals surface area contributed by atoms with E-state index in [0.717, 1.165) is 116 Å². The predicted octanol–water partition coefficient (Wildman–Crippen LogP) is 11.8. The zero-order valence-electron chi connectivity index (χ0n) is 31.5. The molecule has 0 radical (unpaired) electrons. The van der Waals surface area contributed by atoms with Crippen molar-refractivity contribution in [3.8, 4) is 0 Å². The molecule has 0 fully saturated rings. The zero-order chi connectivity index (χ0) is 36.6. The monoisotopic (exact) mass is 692 g/mol. The summed E-state index contributed by atoms with van der Waals surface area (Å²) in [6.45, 7) is 3.98. The van der Waals surface area contributed by atoms with Gasteiger partial charge in [-0.25, -0.2) is 0 Å². The van der Waals surface area contributed by atoms with Crippen LogP contribution >= 0.6 is 0 Å². The van der Waals surface area contributed by atoms with Gasteiger partial charge in [0.2, 0.25) is 5.91 Å². The quantitative estimate of drug-likeness (QED) is 0.0406. The molecule has 0 aliphatic rings. The molecule has 0 aromatic rings. The van der Waals surface area contributed by atoms with Crippen molar-refractivity contribution in [1.29, 1.82) is 0 Å². The average molecular weight is 692 g/mol. The highest BCUT2D eigenvalue weighted by Gasteiger charge is 2.11. The number of esters is 1. The van der Waals surface area contributed by atoms with E-state index in [2.05, 4.69) is 110 Å². The van der Waals surface area contributed by atoms with E-state index in [0.29, 0.717) is 19.3 Å². The number of allylic oxidation sites excluding steroid dienone is 15. The van der Waals surface area contributed by atoms with Gasteiger partial charge in [-0.15, -0.1) is 0 Å². The molecule has 0 aromatic heterocycles. The summed E-state index contributed by atoms with van der Waals surface area (Å²) in [5.74, 6) is -1.40. The van der Waals surface area contributed by atoms with Crippen LogP contribution in [0.25, 0.3) is 0 Å². The molecule has 1 unspecified atom stereocenters. The number of hydrogen-bond acceptors (Lipinski definition) is 4. The molecular weight excluding hydrogens is 622 g/mol. The van der Waals surface area contributed by atoms with Gasteiger partial charge in [-0.1, -0.05) is 137 Å². The molecule has 0 aliphatic carbocycles. The van der Waals surface area contributed by atoms with E-state index in [-0.39, 0.29) is 24.5 Å². The molecule has 2 N–H and O–H groups in total. The lowest BCUT2D eigenvalue weighted by atomic mass is 10.1. The Morgan fingerprint density at radius 3 is 1.60 bits per heavy atom. The van der Waals surface area contributed by atoms with Gasteiger partial charge >= 0.3 is 11.9 Å². The van der Waals surface area contributed by atoms with Gasteiger partial charge < -0.3 is 15.2 Å². The van der Waals surface area contributed by atoms with Crippen LogP contribution in [0.1, 0.15) is 149 Å². The first-order valence-electron chi connectivity index (χ1n) is 19.4. The number of rotatable bonds is 33. The molecule has 0 saturated carbocycles. The third kappa shape index (κ3) is 37.2. The Hall–Kier alpha value is -3.67. The van der Waals surface area contributed by atoms with Gasteiger partial charge in [-0.05, 0) is 96.0 Å². The van der Waals surface area contributed by atoms with Crippen molar-refractivity contribution in [3.05, 3.63) is 97.2 Å². The Morgan fingerprint density at radius 2 is 1.04 bits per heavy atom. The highest BCUT2D eigenvalue weighted by Crippen LogP contribution is 2.14. The van der Waals surface area contributed by atoms with E-state index in [1.807, 2.05) is 6.08 Å². The lowest BCUT2D eigenvalue weighted by Crippen LogP contribution is -2.28. The number of carbonyl (C=O) groups is 3. The van der Waals surface area contributed by atoms with Crippen LogP contribution < -0.4 is 5.32 Å². The molecular formula is C44H69NO5. The number of ether oxygens (including phenoxy) is 1. The Morgan fingerprint density at radius 1 is 0.560 bits per heavy atom. The van der Waals surface area contributed by atoms with E-state index in [4.69, 9.17) is 9.84 Å². The smallest absolute Gasteiger partial charge is 0.322 e. The van der Waals surface area contributed by atoms with Crippen molar-refractivity contribution in [2.75, 3.05) is 6.54 Å². The van der Waals surface area contributed by atoms with Gasteiger partial charge in [0.25, 0.3) is 0 Å². The van der Waals surface area contributed by atoms with Crippen LogP contribution in [0.4, 0.5) is 0 Å². The van der Waals surface area contributed by atoms with Gasteiger partial charge in [0, 0.05) is 12.8 Å². The summed E-state index contributed by atoms with van der Waals surface area (Å²) < 4.78 is 5.83. The molecule has 6 heteroatoms. The van der Waals surface area contributed by atoms with Gasteiger partial charge in [0.15, 0.2) is 0 Å². The van der Waals surface area contributed by atoms with Crippen LogP contribution in [-0.4, -0.2) is 35.6 Å². The average Bonchev–Trinajstić information content (AvgIpc) is 3.10. The fourth-order valence-electron chi connectivity index (χ4n) is 4.88. The number of unbranched alkanes of at least 4 members (excludes halogenated alkanes) is 8. The maximum absolute atomic E-state index is 12.6. The maximum Gasteiger partial charge on any atom is 0.322 e. The van der Waals surface area contributed by atoms with Gasteiger partial charge in [0.1, 0.15) is 12.6 Å². The van der Waals surface area contributed by atoms with E-state index in [1.165, 1.54) is 0 Å². The van der Waals surface area contributed by atoms with E-state index < -0.39 is 5.97 Å². The second-order valence-electron chi connectivity index (χ2n) is 12.4. The van der Waals surface area contributed by atoms with Gasteiger partial charge in [0.05, 0.1) is 0 Å². The first-order chi connectivity index (χ1) is 24.5. The largest absolute Gasteiger partial charge is 0.480 e. The third-order valence-corrected chi connectivity index (χ3v) is 7.71. The fourth-order valence-corrected chi connectivity index (χ4v) is 4.88. The lowest BCUT2D eigenvalue weighted by molar-refractivity contribution is -0.147. The first kappa shape index (κ1) is 46.3. The number of carboxylic acids is 1. The summed E-state index contributed by atoms with van der Waals surface area (Å²) in [6.07, 6.45) is 54.1. The summed E-state index contributed by atoms with van der Waals surface area (Å²) in [5.41, 5.74) is 0. The zero-order valence-corrected chi connectivity index (χ0v) is 31.5. The molecule has 0 aromatic carbocycles. The summed E-state index contributed by atoms with van der Waals surface area (Å²) in [7, 11) is 0. The molecule has 0 spiro atoms. The van der Waals surface area contributed by atoms with E-state index in [1.54, 1.807) is 0 Å². The van der Waals surface area contributed by atoms with Crippen LogP contribution in [-0.2, 0) is 19.1 Å². The molecule has 0 saturated heterocycles. The number of hydrogen-bond donors (Lipinski definition) is 2. The molecule has 280 valence electrons. The number of nitrogens with one attached hydrogen (secondary N) is 1. The summed E-state index contributed by atoms with van der Waals surface area (Å²) >= 11 is 0. The molecule has 0 rings (SSSR count).